The fourth-order valence-corrected chi connectivity index (χ4v) is 2.10. The lowest BCUT2D eigenvalue weighted by atomic mass is 10.0. The average Bonchev–Trinajstić information content (AvgIpc) is 2.48. The lowest BCUT2D eigenvalue weighted by Crippen LogP contribution is -2.44. The van der Waals surface area contributed by atoms with Crippen molar-refractivity contribution in [1.29, 1.82) is 0 Å². The van der Waals surface area contributed by atoms with Crippen LogP contribution in [0.2, 0.25) is 0 Å². The van der Waals surface area contributed by atoms with Gasteiger partial charge in [-0.1, -0.05) is 37.3 Å². The number of carbonyl (C=O) groups is 1. The van der Waals surface area contributed by atoms with Crippen LogP contribution in [-0.4, -0.2) is 11.4 Å². The van der Waals surface area contributed by atoms with E-state index < -0.39 is 5.54 Å². The quantitative estimate of drug-likeness (QED) is 0.867. The molecule has 0 aromatic heterocycles. The second-order valence-corrected chi connectivity index (χ2v) is 5.62. The predicted molar refractivity (Wildman–Crippen MR) is 88.6 cm³/mol. The molecule has 0 aliphatic carbocycles. The zero-order valence-corrected chi connectivity index (χ0v) is 12.8. The molecule has 2 rings (SSSR count). The van der Waals surface area contributed by atoms with Gasteiger partial charge in [-0.05, 0) is 50.1 Å². The third-order valence-electron chi connectivity index (χ3n) is 3.39. The number of benzene rings is 2. The Kier molecular flexibility index (Phi) is 4.63. The van der Waals surface area contributed by atoms with Crippen LogP contribution in [0.1, 0.15) is 26.3 Å². The van der Waals surface area contributed by atoms with E-state index in [4.69, 9.17) is 0 Å². The zero-order chi connectivity index (χ0) is 15.3. The normalized spacial score (nSPS) is 11.0. The summed E-state index contributed by atoms with van der Waals surface area (Å²) in [5.41, 5.74) is 2.28. The summed E-state index contributed by atoms with van der Waals surface area (Å²) >= 11 is 0. The SMILES string of the molecule is CCc1cccc(NC(=O)C(C)(C)Nc2ccccc2)c1. The topological polar surface area (TPSA) is 41.1 Å². The fraction of sp³-hybridized carbons (Fsp3) is 0.278. The van der Waals surface area contributed by atoms with Crippen LogP contribution in [0.3, 0.4) is 0 Å². The maximum Gasteiger partial charge on any atom is 0.249 e. The first-order chi connectivity index (χ1) is 10.0. The van der Waals surface area contributed by atoms with Crippen molar-refractivity contribution in [2.24, 2.45) is 0 Å². The number of para-hydroxylation sites is 1. The van der Waals surface area contributed by atoms with Crippen LogP contribution in [0, 0.1) is 0 Å². The molecule has 0 aliphatic rings. The number of nitrogens with one attached hydrogen (secondary N) is 2. The molecule has 0 fully saturated rings. The first-order valence-corrected chi connectivity index (χ1v) is 7.25. The maximum absolute atomic E-state index is 12.5. The van der Waals surface area contributed by atoms with E-state index >= 15 is 0 Å². The van der Waals surface area contributed by atoms with Crippen molar-refractivity contribution < 1.29 is 4.79 Å². The van der Waals surface area contributed by atoms with E-state index in [2.05, 4.69) is 23.6 Å². The summed E-state index contributed by atoms with van der Waals surface area (Å²) in [6, 6.07) is 17.7. The molecule has 2 aromatic carbocycles. The average molecular weight is 282 g/mol. The third-order valence-corrected chi connectivity index (χ3v) is 3.39. The van der Waals surface area contributed by atoms with Gasteiger partial charge in [0.25, 0.3) is 0 Å². The number of amides is 1. The van der Waals surface area contributed by atoms with Crippen molar-refractivity contribution in [2.75, 3.05) is 10.6 Å². The molecule has 0 heterocycles. The van der Waals surface area contributed by atoms with E-state index in [1.165, 1.54) is 5.56 Å². The predicted octanol–water partition coefficient (Wildman–Crippen LogP) is 4.08. The number of anilines is 2. The van der Waals surface area contributed by atoms with Gasteiger partial charge in [-0.25, -0.2) is 0 Å². The molecule has 3 nitrogen and oxygen atoms in total. The highest BCUT2D eigenvalue weighted by atomic mass is 16.2. The number of hydrogen-bond acceptors (Lipinski definition) is 2. The standard InChI is InChI=1S/C18H22N2O/c1-4-14-9-8-12-16(13-14)19-17(21)18(2,3)20-15-10-6-5-7-11-15/h5-13,20H,4H2,1-3H3,(H,19,21). The lowest BCUT2D eigenvalue weighted by Gasteiger charge is -2.26. The minimum absolute atomic E-state index is 0.0559. The highest BCUT2D eigenvalue weighted by Crippen LogP contribution is 2.18. The van der Waals surface area contributed by atoms with Crippen molar-refractivity contribution in [3.63, 3.8) is 0 Å². The Balaban J connectivity index is 2.07. The molecule has 0 aliphatic heterocycles. The number of aryl methyl sites for hydroxylation is 1. The minimum Gasteiger partial charge on any atom is -0.372 e. The molecule has 0 atom stereocenters. The molecule has 3 heteroatoms. The van der Waals surface area contributed by atoms with Gasteiger partial charge in [0.15, 0.2) is 0 Å². The van der Waals surface area contributed by atoms with Crippen molar-refractivity contribution in [2.45, 2.75) is 32.7 Å². The fourth-order valence-electron chi connectivity index (χ4n) is 2.10. The molecule has 2 aromatic rings. The Morgan fingerprint density at radius 1 is 1.00 bits per heavy atom. The van der Waals surface area contributed by atoms with Crippen LogP contribution in [0.25, 0.3) is 0 Å². The Bertz CT molecular complexity index is 606. The largest absolute Gasteiger partial charge is 0.372 e. The molecule has 110 valence electrons. The summed E-state index contributed by atoms with van der Waals surface area (Å²) in [4.78, 5) is 12.5. The Morgan fingerprint density at radius 3 is 2.33 bits per heavy atom. The van der Waals surface area contributed by atoms with Gasteiger partial charge in [0.1, 0.15) is 5.54 Å². The first kappa shape index (κ1) is 15.1. The highest BCUT2D eigenvalue weighted by Gasteiger charge is 2.27. The summed E-state index contributed by atoms with van der Waals surface area (Å²) in [5, 5.41) is 6.23. The zero-order valence-electron chi connectivity index (χ0n) is 12.8. The molecule has 21 heavy (non-hydrogen) atoms. The summed E-state index contributed by atoms with van der Waals surface area (Å²) in [5.74, 6) is -0.0559. The maximum atomic E-state index is 12.5. The van der Waals surface area contributed by atoms with Gasteiger partial charge in [-0.3, -0.25) is 4.79 Å². The van der Waals surface area contributed by atoms with Crippen LogP contribution >= 0.6 is 0 Å². The molecule has 0 bridgehead atoms. The van der Waals surface area contributed by atoms with Gasteiger partial charge in [0.2, 0.25) is 5.91 Å². The minimum atomic E-state index is -0.691. The van der Waals surface area contributed by atoms with Crippen LogP contribution < -0.4 is 10.6 Å². The smallest absolute Gasteiger partial charge is 0.249 e. The van der Waals surface area contributed by atoms with Gasteiger partial charge < -0.3 is 10.6 Å². The number of rotatable bonds is 5. The molecule has 0 saturated carbocycles. The molecule has 0 radical (unpaired) electrons. The molecule has 0 saturated heterocycles. The first-order valence-electron chi connectivity index (χ1n) is 7.25. The number of carbonyl (C=O) groups excluding carboxylic acids is 1. The van der Waals surface area contributed by atoms with Crippen molar-refractivity contribution in [3.05, 3.63) is 60.2 Å². The Labute approximate surface area is 126 Å². The Hall–Kier alpha value is -2.29. The van der Waals surface area contributed by atoms with E-state index in [0.29, 0.717) is 0 Å². The summed E-state index contributed by atoms with van der Waals surface area (Å²) < 4.78 is 0. The van der Waals surface area contributed by atoms with Crippen LogP contribution in [0.15, 0.2) is 54.6 Å². The lowest BCUT2D eigenvalue weighted by molar-refractivity contribution is -0.119. The van der Waals surface area contributed by atoms with Gasteiger partial charge in [-0.15, -0.1) is 0 Å². The second kappa shape index (κ2) is 6.44. The third kappa shape index (κ3) is 4.09. The van der Waals surface area contributed by atoms with E-state index in [1.54, 1.807) is 0 Å². The monoisotopic (exact) mass is 282 g/mol. The van der Waals surface area contributed by atoms with Gasteiger partial charge in [0.05, 0.1) is 0 Å². The molecular formula is C18H22N2O. The summed E-state index contributed by atoms with van der Waals surface area (Å²) in [6.45, 7) is 5.85. The van der Waals surface area contributed by atoms with E-state index in [1.807, 2.05) is 62.4 Å². The van der Waals surface area contributed by atoms with E-state index in [0.717, 1.165) is 17.8 Å². The Morgan fingerprint density at radius 2 is 1.67 bits per heavy atom. The van der Waals surface area contributed by atoms with Crippen LogP contribution in [0.4, 0.5) is 11.4 Å². The molecule has 0 unspecified atom stereocenters. The second-order valence-electron chi connectivity index (χ2n) is 5.62. The van der Waals surface area contributed by atoms with Crippen molar-refractivity contribution in [1.82, 2.24) is 0 Å². The summed E-state index contributed by atoms with van der Waals surface area (Å²) in [7, 11) is 0. The van der Waals surface area contributed by atoms with Gasteiger partial charge >= 0.3 is 0 Å². The molecular weight excluding hydrogens is 260 g/mol. The van der Waals surface area contributed by atoms with Crippen LogP contribution in [0.5, 0.6) is 0 Å². The van der Waals surface area contributed by atoms with Crippen molar-refractivity contribution >= 4 is 17.3 Å². The van der Waals surface area contributed by atoms with E-state index in [9.17, 15) is 4.79 Å². The number of hydrogen-bond donors (Lipinski definition) is 2. The molecule has 1 amide bonds. The molecule has 0 spiro atoms. The van der Waals surface area contributed by atoms with Crippen molar-refractivity contribution in [3.8, 4) is 0 Å². The van der Waals surface area contributed by atoms with Gasteiger partial charge in [-0.2, -0.15) is 0 Å². The van der Waals surface area contributed by atoms with E-state index in [-0.39, 0.29) is 5.91 Å². The summed E-state index contributed by atoms with van der Waals surface area (Å²) in [6.07, 6.45) is 0.954. The molecule has 2 N–H and O–H groups in total. The van der Waals surface area contributed by atoms with Crippen LogP contribution in [-0.2, 0) is 11.2 Å². The van der Waals surface area contributed by atoms with Gasteiger partial charge in [0, 0.05) is 11.4 Å². The highest BCUT2D eigenvalue weighted by molar-refractivity contribution is 5.99.